The molecule has 1 fully saturated rings. The maximum atomic E-state index is 12.9. The van der Waals surface area contributed by atoms with Gasteiger partial charge in [0.25, 0.3) is 5.91 Å². The number of benzene rings is 2. The van der Waals surface area contributed by atoms with Crippen molar-refractivity contribution >= 4 is 16.9 Å². The summed E-state index contributed by atoms with van der Waals surface area (Å²) < 4.78 is 7.98. The third-order valence-electron chi connectivity index (χ3n) is 5.71. The fraction of sp³-hybridized carbons (Fsp3) is 0.417. The second-order valence-electron chi connectivity index (χ2n) is 7.92. The van der Waals surface area contributed by atoms with Crippen molar-refractivity contribution in [3.8, 4) is 5.75 Å². The number of likely N-dealkylation sites (tertiary alicyclic amines) is 1. The molecule has 1 saturated heterocycles. The fourth-order valence-electron chi connectivity index (χ4n) is 4.21. The van der Waals surface area contributed by atoms with Gasteiger partial charge >= 0.3 is 0 Å². The maximum absolute atomic E-state index is 12.9. The minimum Gasteiger partial charge on any atom is -0.494 e. The predicted octanol–water partition coefficient (Wildman–Crippen LogP) is 4.92. The first kappa shape index (κ1) is 19.5. The monoisotopic (exact) mass is 391 g/mol. The normalized spacial score (nSPS) is 15.1. The van der Waals surface area contributed by atoms with Gasteiger partial charge in [-0.2, -0.15) is 0 Å². The van der Waals surface area contributed by atoms with E-state index in [0.717, 1.165) is 55.0 Å². The van der Waals surface area contributed by atoms with Gasteiger partial charge in [-0.05, 0) is 75.1 Å². The first-order valence-corrected chi connectivity index (χ1v) is 10.5. The SMILES string of the molecule is CCCOc1ccc(C(=O)N2CCC(n3c(C)nc4ccc(C)cc43)CC2)cc1. The number of amides is 1. The molecule has 2 aromatic carbocycles. The molecule has 3 aromatic rings. The molecule has 0 radical (unpaired) electrons. The van der Waals surface area contributed by atoms with Gasteiger partial charge in [-0.25, -0.2) is 4.98 Å². The van der Waals surface area contributed by atoms with Crippen LogP contribution >= 0.6 is 0 Å². The Bertz CT molecular complexity index is 999. The number of carbonyl (C=O) groups excluding carboxylic acids is 1. The Morgan fingerprint density at radius 1 is 1.10 bits per heavy atom. The molecule has 0 aliphatic carbocycles. The lowest BCUT2D eigenvalue weighted by Gasteiger charge is -2.33. The van der Waals surface area contributed by atoms with Crippen molar-refractivity contribution in [3.63, 3.8) is 0 Å². The predicted molar refractivity (Wildman–Crippen MR) is 116 cm³/mol. The van der Waals surface area contributed by atoms with Crippen LogP contribution in [0.4, 0.5) is 0 Å². The van der Waals surface area contributed by atoms with E-state index < -0.39 is 0 Å². The molecule has 0 atom stereocenters. The highest BCUT2D eigenvalue weighted by Crippen LogP contribution is 2.30. The molecule has 0 N–H and O–H groups in total. The number of hydrogen-bond donors (Lipinski definition) is 0. The van der Waals surface area contributed by atoms with Gasteiger partial charge in [-0.1, -0.05) is 13.0 Å². The first-order valence-electron chi connectivity index (χ1n) is 10.5. The van der Waals surface area contributed by atoms with Crippen LogP contribution in [0.25, 0.3) is 11.0 Å². The lowest BCUT2D eigenvalue weighted by molar-refractivity contribution is 0.0695. The highest BCUT2D eigenvalue weighted by atomic mass is 16.5. The highest BCUT2D eigenvalue weighted by Gasteiger charge is 2.26. The Hall–Kier alpha value is -2.82. The summed E-state index contributed by atoms with van der Waals surface area (Å²) in [7, 11) is 0. The summed E-state index contributed by atoms with van der Waals surface area (Å²) in [5, 5.41) is 0. The Balaban J connectivity index is 1.44. The number of fused-ring (bicyclic) bond motifs is 1. The van der Waals surface area contributed by atoms with E-state index in [1.807, 2.05) is 29.2 Å². The summed E-state index contributed by atoms with van der Waals surface area (Å²) in [5.41, 5.74) is 4.23. The van der Waals surface area contributed by atoms with Crippen LogP contribution in [0.2, 0.25) is 0 Å². The molecule has 1 aliphatic rings. The fourth-order valence-corrected chi connectivity index (χ4v) is 4.21. The Kier molecular flexibility index (Phi) is 5.56. The van der Waals surface area contributed by atoms with Crippen molar-refractivity contribution in [1.29, 1.82) is 0 Å². The standard InChI is InChI=1S/C24H29N3O2/c1-4-15-29-21-8-6-19(7-9-21)24(28)26-13-11-20(12-14-26)27-18(3)25-22-10-5-17(2)16-23(22)27/h5-10,16,20H,4,11-15H2,1-3H3. The molecule has 2 heterocycles. The molecule has 0 unspecified atom stereocenters. The molecule has 4 rings (SSSR count). The summed E-state index contributed by atoms with van der Waals surface area (Å²) in [6.45, 7) is 8.51. The van der Waals surface area contributed by atoms with E-state index in [1.165, 1.54) is 11.1 Å². The van der Waals surface area contributed by atoms with Gasteiger partial charge in [0.1, 0.15) is 11.6 Å². The van der Waals surface area contributed by atoms with E-state index in [4.69, 9.17) is 9.72 Å². The minimum atomic E-state index is 0.105. The van der Waals surface area contributed by atoms with Gasteiger partial charge in [0.15, 0.2) is 0 Å². The van der Waals surface area contributed by atoms with Gasteiger partial charge in [0.2, 0.25) is 0 Å². The number of aryl methyl sites for hydroxylation is 2. The van der Waals surface area contributed by atoms with E-state index >= 15 is 0 Å². The van der Waals surface area contributed by atoms with Crippen LogP contribution in [0.1, 0.15) is 54.0 Å². The van der Waals surface area contributed by atoms with Crippen LogP contribution in [-0.4, -0.2) is 40.1 Å². The minimum absolute atomic E-state index is 0.105. The summed E-state index contributed by atoms with van der Waals surface area (Å²) in [6, 6.07) is 14.3. The molecule has 1 amide bonds. The van der Waals surface area contributed by atoms with Crippen molar-refractivity contribution in [3.05, 3.63) is 59.4 Å². The number of carbonyl (C=O) groups is 1. The van der Waals surface area contributed by atoms with Gasteiger partial charge in [0, 0.05) is 24.7 Å². The second kappa shape index (κ2) is 8.27. The lowest BCUT2D eigenvalue weighted by Crippen LogP contribution is -2.39. The van der Waals surface area contributed by atoms with Crippen LogP contribution < -0.4 is 4.74 Å². The highest BCUT2D eigenvalue weighted by molar-refractivity contribution is 5.94. The number of hydrogen-bond acceptors (Lipinski definition) is 3. The Labute approximate surface area is 172 Å². The van der Waals surface area contributed by atoms with Crippen molar-refractivity contribution in [2.75, 3.05) is 19.7 Å². The van der Waals surface area contributed by atoms with Crippen LogP contribution in [0.15, 0.2) is 42.5 Å². The summed E-state index contributed by atoms with van der Waals surface area (Å²) in [6.07, 6.45) is 2.87. The lowest BCUT2D eigenvalue weighted by atomic mass is 10.0. The third kappa shape index (κ3) is 4.00. The Morgan fingerprint density at radius 2 is 1.83 bits per heavy atom. The molecule has 0 bridgehead atoms. The van der Waals surface area contributed by atoms with E-state index in [-0.39, 0.29) is 5.91 Å². The molecule has 1 aliphatic heterocycles. The molecule has 0 spiro atoms. The average molecular weight is 392 g/mol. The molecule has 1 aromatic heterocycles. The largest absolute Gasteiger partial charge is 0.494 e. The van der Waals surface area contributed by atoms with E-state index in [0.29, 0.717) is 12.6 Å². The van der Waals surface area contributed by atoms with Crippen LogP contribution in [0.3, 0.4) is 0 Å². The number of ether oxygens (including phenoxy) is 1. The molecule has 0 saturated carbocycles. The van der Waals surface area contributed by atoms with Crippen molar-refractivity contribution in [2.45, 2.75) is 46.1 Å². The Morgan fingerprint density at radius 3 is 2.52 bits per heavy atom. The van der Waals surface area contributed by atoms with Crippen LogP contribution in [0, 0.1) is 13.8 Å². The van der Waals surface area contributed by atoms with Gasteiger partial charge < -0.3 is 14.2 Å². The molecular weight excluding hydrogens is 362 g/mol. The zero-order valence-electron chi connectivity index (χ0n) is 17.5. The maximum Gasteiger partial charge on any atom is 0.253 e. The number of rotatable bonds is 5. The third-order valence-corrected chi connectivity index (χ3v) is 5.71. The second-order valence-corrected chi connectivity index (χ2v) is 7.92. The average Bonchev–Trinajstić information content (AvgIpc) is 3.07. The van der Waals surface area contributed by atoms with Gasteiger partial charge in [-0.3, -0.25) is 4.79 Å². The zero-order valence-corrected chi connectivity index (χ0v) is 17.5. The summed E-state index contributed by atoms with van der Waals surface area (Å²) >= 11 is 0. The molecule has 5 nitrogen and oxygen atoms in total. The number of aromatic nitrogens is 2. The van der Waals surface area contributed by atoms with Crippen molar-refractivity contribution in [1.82, 2.24) is 14.5 Å². The smallest absolute Gasteiger partial charge is 0.253 e. The molecular formula is C24H29N3O2. The van der Waals surface area contributed by atoms with Crippen molar-refractivity contribution in [2.24, 2.45) is 0 Å². The topological polar surface area (TPSA) is 47.4 Å². The number of imidazole rings is 1. The first-order chi connectivity index (χ1) is 14.1. The number of nitrogens with zero attached hydrogens (tertiary/aromatic N) is 3. The molecule has 5 heteroatoms. The number of piperidine rings is 1. The molecule has 29 heavy (non-hydrogen) atoms. The summed E-state index contributed by atoms with van der Waals surface area (Å²) in [5.74, 6) is 1.98. The molecule has 152 valence electrons. The zero-order chi connectivity index (χ0) is 20.4. The van der Waals surface area contributed by atoms with Crippen LogP contribution in [-0.2, 0) is 0 Å². The van der Waals surface area contributed by atoms with Gasteiger partial charge in [0.05, 0.1) is 17.6 Å². The van der Waals surface area contributed by atoms with E-state index in [9.17, 15) is 4.79 Å². The summed E-state index contributed by atoms with van der Waals surface area (Å²) in [4.78, 5) is 19.6. The van der Waals surface area contributed by atoms with Gasteiger partial charge in [-0.15, -0.1) is 0 Å². The van der Waals surface area contributed by atoms with E-state index in [2.05, 4.69) is 43.5 Å². The van der Waals surface area contributed by atoms with Crippen LogP contribution in [0.5, 0.6) is 5.75 Å². The van der Waals surface area contributed by atoms with E-state index in [1.54, 1.807) is 0 Å². The van der Waals surface area contributed by atoms with Crippen molar-refractivity contribution < 1.29 is 9.53 Å². The quantitative estimate of drug-likeness (QED) is 0.620.